The molecule has 0 unspecified atom stereocenters. The molecule has 0 atom stereocenters. The number of imidazole rings is 1. The molecule has 0 spiro atoms. The standard InChI is InChI=1S/C22H28FN5/c1-16-22(17(2)28(25-16)21-6-4-20(23)5-7-21)15-26-11-8-19(9-12-26)14-27-13-10-24-18(27)3/h4-7,10,13,19H,8-9,11-12,14-15H2,1-3H3. The van der Waals surface area contributed by atoms with Gasteiger partial charge in [0.1, 0.15) is 11.6 Å². The van der Waals surface area contributed by atoms with Gasteiger partial charge in [0.05, 0.1) is 11.4 Å². The van der Waals surface area contributed by atoms with Gasteiger partial charge in [-0.25, -0.2) is 14.1 Å². The molecule has 2 aromatic heterocycles. The van der Waals surface area contributed by atoms with Crippen LogP contribution in [0.15, 0.2) is 36.7 Å². The lowest BCUT2D eigenvalue weighted by Crippen LogP contribution is -2.34. The maximum absolute atomic E-state index is 13.2. The SMILES string of the molecule is Cc1nn(-c2ccc(F)cc2)c(C)c1CN1CCC(Cn2ccnc2C)CC1. The van der Waals surface area contributed by atoms with E-state index in [1.54, 1.807) is 12.1 Å². The van der Waals surface area contributed by atoms with Crippen molar-refractivity contribution in [2.24, 2.45) is 5.92 Å². The van der Waals surface area contributed by atoms with Gasteiger partial charge in [0.2, 0.25) is 0 Å². The van der Waals surface area contributed by atoms with Crippen LogP contribution in [0, 0.1) is 32.5 Å². The zero-order valence-corrected chi connectivity index (χ0v) is 16.9. The molecule has 0 N–H and O–H groups in total. The van der Waals surface area contributed by atoms with Gasteiger partial charge in [-0.1, -0.05) is 0 Å². The van der Waals surface area contributed by atoms with Crippen molar-refractivity contribution in [2.45, 2.75) is 46.7 Å². The van der Waals surface area contributed by atoms with Crippen LogP contribution < -0.4 is 0 Å². The lowest BCUT2D eigenvalue weighted by atomic mass is 9.96. The Morgan fingerprint density at radius 2 is 1.79 bits per heavy atom. The quantitative estimate of drug-likeness (QED) is 0.669. The number of aryl methyl sites for hydroxylation is 2. The molecule has 0 bridgehead atoms. The zero-order valence-electron chi connectivity index (χ0n) is 16.9. The Balaban J connectivity index is 1.40. The molecule has 1 saturated heterocycles. The molecule has 4 rings (SSSR count). The molecule has 0 aliphatic carbocycles. The average molecular weight is 381 g/mol. The lowest BCUT2D eigenvalue weighted by molar-refractivity contribution is 0.166. The van der Waals surface area contributed by atoms with E-state index in [1.165, 1.54) is 30.5 Å². The van der Waals surface area contributed by atoms with Crippen LogP contribution in [0.4, 0.5) is 4.39 Å². The van der Waals surface area contributed by atoms with Crippen LogP contribution in [-0.4, -0.2) is 37.3 Å². The maximum atomic E-state index is 13.2. The molecule has 1 aromatic carbocycles. The Morgan fingerprint density at radius 3 is 2.43 bits per heavy atom. The average Bonchev–Trinajstić information content (AvgIpc) is 3.21. The fourth-order valence-corrected chi connectivity index (χ4v) is 4.16. The summed E-state index contributed by atoms with van der Waals surface area (Å²) < 4.78 is 17.4. The van der Waals surface area contributed by atoms with Gasteiger partial charge in [-0.15, -0.1) is 0 Å². The van der Waals surface area contributed by atoms with Crippen LogP contribution in [0.2, 0.25) is 0 Å². The first-order valence-corrected chi connectivity index (χ1v) is 10.0. The number of nitrogens with zero attached hydrogens (tertiary/aromatic N) is 5. The van der Waals surface area contributed by atoms with Crippen LogP contribution in [-0.2, 0) is 13.1 Å². The number of aromatic nitrogens is 4. The van der Waals surface area contributed by atoms with Gasteiger partial charge >= 0.3 is 0 Å². The third-order valence-electron chi connectivity index (χ3n) is 5.98. The van der Waals surface area contributed by atoms with Gasteiger partial charge in [0, 0.05) is 36.7 Å². The molecule has 28 heavy (non-hydrogen) atoms. The van der Waals surface area contributed by atoms with Crippen molar-refractivity contribution in [1.29, 1.82) is 0 Å². The smallest absolute Gasteiger partial charge is 0.123 e. The van der Waals surface area contributed by atoms with Gasteiger partial charge in [-0.2, -0.15) is 5.10 Å². The van der Waals surface area contributed by atoms with Crippen LogP contribution in [0.5, 0.6) is 0 Å². The zero-order chi connectivity index (χ0) is 19.7. The Labute approximate surface area is 165 Å². The Bertz CT molecular complexity index is 932. The van der Waals surface area contributed by atoms with Crippen LogP contribution in [0.3, 0.4) is 0 Å². The highest BCUT2D eigenvalue weighted by Gasteiger charge is 2.22. The molecule has 0 saturated carbocycles. The second-order valence-corrected chi connectivity index (χ2v) is 7.88. The van der Waals surface area contributed by atoms with E-state index in [4.69, 9.17) is 5.10 Å². The molecule has 1 aliphatic heterocycles. The van der Waals surface area contributed by atoms with Crippen molar-refractivity contribution in [2.75, 3.05) is 13.1 Å². The van der Waals surface area contributed by atoms with E-state index in [1.807, 2.05) is 10.9 Å². The van der Waals surface area contributed by atoms with E-state index in [2.05, 4.69) is 41.4 Å². The Kier molecular flexibility index (Phi) is 5.31. The summed E-state index contributed by atoms with van der Waals surface area (Å²) in [5, 5.41) is 4.71. The van der Waals surface area contributed by atoms with Crippen LogP contribution in [0.25, 0.3) is 5.69 Å². The summed E-state index contributed by atoms with van der Waals surface area (Å²) in [7, 11) is 0. The number of halogens is 1. The molecule has 6 heteroatoms. The minimum absolute atomic E-state index is 0.223. The van der Waals surface area contributed by atoms with Crippen molar-refractivity contribution in [3.05, 3.63) is 65.3 Å². The largest absolute Gasteiger partial charge is 0.335 e. The van der Waals surface area contributed by atoms with Crippen molar-refractivity contribution >= 4 is 0 Å². The van der Waals surface area contributed by atoms with E-state index in [-0.39, 0.29) is 5.82 Å². The Morgan fingerprint density at radius 1 is 1.07 bits per heavy atom. The predicted octanol–water partition coefficient (Wildman–Crippen LogP) is 4.05. The molecule has 1 aliphatic rings. The summed E-state index contributed by atoms with van der Waals surface area (Å²) >= 11 is 0. The van der Waals surface area contributed by atoms with E-state index >= 15 is 0 Å². The molecule has 148 valence electrons. The Hall–Kier alpha value is -2.47. The molecule has 5 nitrogen and oxygen atoms in total. The number of benzene rings is 1. The molecule has 1 fully saturated rings. The first-order chi connectivity index (χ1) is 13.5. The number of likely N-dealkylation sites (tertiary alicyclic amines) is 1. The van der Waals surface area contributed by atoms with Crippen molar-refractivity contribution < 1.29 is 4.39 Å². The van der Waals surface area contributed by atoms with E-state index in [0.29, 0.717) is 5.92 Å². The molecular formula is C22H28FN5. The summed E-state index contributed by atoms with van der Waals surface area (Å²) in [4.78, 5) is 6.86. The molecule has 0 amide bonds. The highest BCUT2D eigenvalue weighted by Crippen LogP contribution is 2.24. The van der Waals surface area contributed by atoms with Gasteiger partial charge in [0.15, 0.2) is 0 Å². The summed E-state index contributed by atoms with van der Waals surface area (Å²) in [5.41, 5.74) is 4.38. The first kappa shape index (κ1) is 18.9. The van der Waals surface area contributed by atoms with Gasteiger partial charge < -0.3 is 4.57 Å². The minimum Gasteiger partial charge on any atom is -0.335 e. The highest BCUT2D eigenvalue weighted by molar-refractivity contribution is 5.37. The van der Waals surface area contributed by atoms with E-state index in [0.717, 1.165) is 49.1 Å². The van der Waals surface area contributed by atoms with E-state index < -0.39 is 0 Å². The topological polar surface area (TPSA) is 38.9 Å². The van der Waals surface area contributed by atoms with Crippen molar-refractivity contribution in [3.8, 4) is 5.69 Å². The minimum atomic E-state index is -0.223. The molecule has 0 radical (unpaired) electrons. The summed E-state index contributed by atoms with van der Waals surface area (Å²) in [6.45, 7) is 10.5. The third-order valence-corrected chi connectivity index (χ3v) is 5.98. The van der Waals surface area contributed by atoms with Crippen LogP contribution >= 0.6 is 0 Å². The molecule has 3 heterocycles. The summed E-state index contributed by atoms with van der Waals surface area (Å²) in [5.74, 6) is 1.59. The van der Waals surface area contributed by atoms with Gasteiger partial charge in [-0.3, -0.25) is 4.90 Å². The number of hydrogen-bond acceptors (Lipinski definition) is 3. The molecule has 3 aromatic rings. The molecular weight excluding hydrogens is 353 g/mol. The van der Waals surface area contributed by atoms with Gasteiger partial charge in [-0.05, 0) is 76.9 Å². The fourth-order valence-electron chi connectivity index (χ4n) is 4.16. The van der Waals surface area contributed by atoms with Crippen molar-refractivity contribution in [3.63, 3.8) is 0 Å². The monoisotopic (exact) mass is 381 g/mol. The van der Waals surface area contributed by atoms with Crippen LogP contribution in [0.1, 0.15) is 35.6 Å². The normalized spacial score (nSPS) is 16.0. The van der Waals surface area contributed by atoms with Gasteiger partial charge in [0.25, 0.3) is 0 Å². The van der Waals surface area contributed by atoms with E-state index in [9.17, 15) is 4.39 Å². The third kappa shape index (κ3) is 3.87. The number of piperidine rings is 1. The second-order valence-electron chi connectivity index (χ2n) is 7.88. The predicted molar refractivity (Wildman–Crippen MR) is 108 cm³/mol. The van der Waals surface area contributed by atoms with Crippen molar-refractivity contribution in [1.82, 2.24) is 24.2 Å². The lowest BCUT2D eigenvalue weighted by Gasteiger charge is -2.32. The highest BCUT2D eigenvalue weighted by atomic mass is 19.1. The first-order valence-electron chi connectivity index (χ1n) is 10.0. The fraction of sp³-hybridized carbons (Fsp3) is 0.455. The summed E-state index contributed by atoms with van der Waals surface area (Å²) in [6, 6.07) is 6.53. The second kappa shape index (κ2) is 7.87. The maximum Gasteiger partial charge on any atom is 0.123 e. The number of rotatable bonds is 5. The summed E-state index contributed by atoms with van der Waals surface area (Å²) in [6.07, 6.45) is 6.39. The number of hydrogen-bond donors (Lipinski definition) is 0.